The highest BCUT2D eigenvalue weighted by Crippen LogP contribution is 2.33. The van der Waals surface area contributed by atoms with E-state index in [-0.39, 0.29) is 23.7 Å². The zero-order valence-electron chi connectivity index (χ0n) is 7.96. The molecule has 7 heteroatoms. The van der Waals surface area contributed by atoms with Gasteiger partial charge in [0, 0.05) is 10.5 Å². The predicted octanol–water partition coefficient (Wildman–Crippen LogP) is 3.53. The van der Waals surface area contributed by atoms with Gasteiger partial charge in [0.1, 0.15) is 5.75 Å². The molecule has 2 nitrogen and oxygen atoms in total. The third-order valence-electron chi connectivity index (χ3n) is 1.83. The Kier molecular flexibility index (Phi) is 5.58. The van der Waals surface area contributed by atoms with E-state index in [2.05, 4.69) is 15.9 Å². The van der Waals surface area contributed by atoms with Gasteiger partial charge in [-0.15, -0.1) is 12.4 Å². The average molecular weight is 321 g/mol. The summed E-state index contributed by atoms with van der Waals surface area (Å²) in [6.07, 6.45) is -5.43. The SMILES string of the molecule is Cl.N[C@@H](CC(F)(F)F)c1cc(O)ccc1Br. The molecule has 0 amide bonds. The molecule has 1 aromatic rings. The molecule has 0 spiro atoms. The molecular weight excluding hydrogens is 310 g/mol. The van der Waals surface area contributed by atoms with Crippen molar-refractivity contribution in [3.8, 4) is 5.75 Å². The summed E-state index contributed by atoms with van der Waals surface area (Å²) in [5.41, 5.74) is 5.63. The summed E-state index contributed by atoms with van der Waals surface area (Å²) in [5, 5.41) is 9.13. The van der Waals surface area contributed by atoms with Crippen molar-refractivity contribution >= 4 is 28.3 Å². The van der Waals surface area contributed by atoms with Crippen molar-refractivity contribution in [3.05, 3.63) is 28.2 Å². The van der Waals surface area contributed by atoms with Gasteiger partial charge in [0.05, 0.1) is 6.42 Å². The highest BCUT2D eigenvalue weighted by molar-refractivity contribution is 9.10. The lowest BCUT2D eigenvalue weighted by Crippen LogP contribution is -2.20. The summed E-state index contributed by atoms with van der Waals surface area (Å²) in [6.45, 7) is 0. The van der Waals surface area contributed by atoms with Crippen LogP contribution in [0.15, 0.2) is 22.7 Å². The minimum absolute atomic E-state index is 0. The van der Waals surface area contributed by atoms with Gasteiger partial charge in [-0.25, -0.2) is 0 Å². The second kappa shape index (κ2) is 5.75. The van der Waals surface area contributed by atoms with Crippen LogP contribution in [0, 0.1) is 0 Å². The van der Waals surface area contributed by atoms with Crippen molar-refractivity contribution in [3.63, 3.8) is 0 Å². The monoisotopic (exact) mass is 319 g/mol. The quantitative estimate of drug-likeness (QED) is 0.875. The Labute approximate surface area is 105 Å². The van der Waals surface area contributed by atoms with Gasteiger partial charge >= 0.3 is 6.18 Å². The molecule has 1 atom stereocenters. The first-order chi connectivity index (χ1) is 6.79. The van der Waals surface area contributed by atoms with Crippen LogP contribution in [0.1, 0.15) is 18.0 Å². The van der Waals surface area contributed by atoms with E-state index in [1.54, 1.807) is 0 Å². The van der Waals surface area contributed by atoms with E-state index in [0.717, 1.165) is 0 Å². The molecule has 92 valence electrons. The molecule has 1 rings (SSSR count). The summed E-state index contributed by atoms with van der Waals surface area (Å²) in [5.74, 6) is -0.106. The maximum atomic E-state index is 12.1. The van der Waals surface area contributed by atoms with E-state index < -0.39 is 18.6 Å². The Hall–Kier alpha value is -0.460. The molecule has 0 saturated carbocycles. The van der Waals surface area contributed by atoms with Crippen molar-refractivity contribution in [1.29, 1.82) is 0 Å². The van der Waals surface area contributed by atoms with Crippen LogP contribution in [-0.2, 0) is 0 Å². The molecule has 0 radical (unpaired) electrons. The fraction of sp³-hybridized carbons (Fsp3) is 0.333. The van der Waals surface area contributed by atoms with Gasteiger partial charge in [0.2, 0.25) is 0 Å². The van der Waals surface area contributed by atoms with Gasteiger partial charge in [-0.3, -0.25) is 0 Å². The molecule has 0 aliphatic rings. The molecule has 0 aliphatic carbocycles. The van der Waals surface area contributed by atoms with Gasteiger partial charge in [0.15, 0.2) is 0 Å². The molecular formula is C9H10BrClF3NO. The molecule has 0 bridgehead atoms. The van der Waals surface area contributed by atoms with Crippen LogP contribution >= 0.6 is 28.3 Å². The van der Waals surface area contributed by atoms with E-state index in [9.17, 15) is 13.2 Å². The second-order valence-electron chi connectivity index (χ2n) is 3.13. The Bertz CT molecular complexity index is 359. The van der Waals surface area contributed by atoms with Crippen molar-refractivity contribution < 1.29 is 18.3 Å². The zero-order valence-corrected chi connectivity index (χ0v) is 10.4. The first-order valence-electron chi connectivity index (χ1n) is 4.10. The van der Waals surface area contributed by atoms with E-state index in [1.807, 2.05) is 0 Å². The molecule has 0 saturated heterocycles. The van der Waals surface area contributed by atoms with E-state index in [4.69, 9.17) is 10.8 Å². The summed E-state index contributed by atoms with van der Waals surface area (Å²) < 4.78 is 36.7. The molecule has 0 fully saturated rings. The van der Waals surface area contributed by atoms with Crippen molar-refractivity contribution in [2.45, 2.75) is 18.6 Å². The third-order valence-corrected chi connectivity index (χ3v) is 2.55. The number of hydrogen-bond acceptors (Lipinski definition) is 2. The van der Waals surface area contributed by atoms with E-state index in [1.165, 1.54) is 18.2 Å². The summed E-state index contributed by atoms with van der Waals surface area (Å²) in [6, 6.07) is 2.88. The summed E-state index contributed by atoms with van der Waals surface area (Å²) in [7, 11) is 0. The topological polar surface area (TPSA) is 46.2 Å². The smallest absolute Gasteiger partial charge is 0.390 e. The minimum Gasteiger partial charge on any atom is -0.508 e. The van der Waals surface area contributed by atoms with Gasteiger partial charge in [-0.05, 0) is 23.8 Å². The van der Waals surface area contributed by atoms with Gasteiger partial charge < -0.3 is 10.8 Å². The number of alkyl halides is 3. The van der Waals surface area contributed by atoms with Crippen LogP contribution in [0.2, 0.25) is 0 Å². The van der Waals surface area contributed by atoms with Gasteiger partial charge in [-0.1, -0.05) is 15.9 Å². The maximum absolute atomic E-state index is 12.1. The molecule has 1 aromatic carbocycles. The summed E-state index contributed by atoms with van der Waals surface area (Å²) in [4.78, 5) is 0. The number of rotatable bonds is 2. The average Bonchev–Trinajstić information content (AvgIpc) is 2.06. The maximum Gasteiger partial charge on any atom is 0.390 e. The number of aromatic hydroxyl groups is 1. The van der Waals surface area contributed by atoms with Crippen molar-refractivity contribution in [2.24, 2.45) is 5.73 Å². The number of halogens is 5. The Balaban J connectivity index is 0.00000225. The van der Waals surface area contributed by atoms with Crippen molar-refractivity contribution in [1.82, 2.24) is 0 Å². The fourth-order valence-corrected chi connectivity index (χ4v) is 1.72. The highest BCUT2D eigenvalue weighted by atomic mass is 79.9. The first-order valence-corrected chi connectivity index (χ1v) is 4.89. The minimum atomic E-state index is -4.32. The lowest BCUT2D eigenvalue weighted by Gasteiger charge is -2.16. The number of phenols is 1. The highest BCUT2D eigenvalue weighted by Gasteiger charge is 2.31. The van der Waals surface area contributed by atoms with Crippen LogP contribution < -0.4 is 5.73 Å². The normalized spacial score (nSPS) is 13.1. The standard InChI is InChI=1S/C9H9BrF3NO.ClH/c10-7-2-1-5(15)3-6(7)8(14)4-9(11,12)13;/h1-3,8,15H,4,14H2;1H/t8-;/m0./s1. The van der Waals surface area contributed by atoms with Crippen molar-refractivity contribution in [2.75, 3.05) is 0 Å². The van der Waals surface area contributed by atoms with Crippen LogP contribution in [0.4, 0.5) is 13.2 Å². The first kappa shape index (κ1) is 15.5. The molecule has 3 N–H and O–H groups in total. The zero-order chi connectivity index (χ0) is 11.6. The molecule has 0 unspecified atom stereocenters. The van der Waals surface area contributed by atoms with Crippen LogP contribution in [0.25, 0.3) is 0 Å². The van der Waals surface area contributed by atoms with E-state index >= 15 is 0 Å². The Morgan fingerprint density at radius 1 is 1.38 bits per heavy atom. The number of hydrogen-bond donors (Lipinski definition) is 2. The number of benzene rings is 1. The van der Waals surface area contributed by atoms with Gasteiger partial charge in [-0.2, -0.15) is 13.2 Å². The van der Waals surface area contributed by atoms with Gasteiger partial charge in [0.25, 0.3) is 0 Å². The predicted molar refractivity (Wildman–Crippen MR) is 60.7 cm³/mol. The molecule has 0 heterocycles. The molecule has 0 aromatic heterocycles. The van der Waals surface area contributed by atoms with Crippen LogP contribution in [-0.4, -0.2) is 11.3 Å². The number of nitrogens with two attached hydrogens (primary N) is 1. The summed E-state index contributed by atoms with van der Waals surface area (Å²) >= 11 is 3.08. The Morgan fingerprint density at radius 2 is 1.94 bits per heavy atom. The number of phenolic OH excluding ortho intramolecular Hbond substituents is 1. The lowest BCUT2D eigenvalue weighted by molar-refractivity contribution is -0.138. The van der Waals surface area contributed by atoms with Crippen LogP contribution in [0.5, 0.6) is 5.75 Å². The largest absolute Gasteiger partial charge is 0.508 e. The van der Waals surface area contributed by atoms with Crippen LogP contribution in [0.3, 0.4) is 0 Å². The van der Waals surface area contributed by atoms with E-state index in [0.29, 0.717) is 4.47 Å². The fourth-order valence-electron chi connectivity index (χ4n) is 1.17. The third kappa shape index (κ3) is 4.59. The lowest BCUT2D eigenvalue weighted by atomic mass is 10.0. The second-order valence-corrected chi connectivity index (χ2v) is 3.99. The molecule has 0 aliphatic heterocycles. The Morgan fingerprint density at radius 3 is 2.44 bits per heavy atom. The molecule has 16 heavy (non-hydrogen) atoms.